The predicted octanol–water partition coefficient (Wildman–Crippen LogP) is 4.22. The summed E-state index contributed by atoms with van der Waals surface area (Å²) in [7, 11) is 0. The van der Waals surface area contributed by atoms with Gasteiger partial charge in [0.15, 0.2) is 11.6 Å². The monoisotopic (exact) mass is 348 g/mol. The Hall–Kier alpha value is -1.74. The number of ketones is 2. The van der Waals surface area contributed by atoms with Gasteiger partial charge in [0.1, 0.15) is 0 Å². The fourth-order valence-electron chi connectivity index (χ4n) is 7.52. The van der Waals surface area contributed by atoms with Gasteiger partial charge in [-0.15, -0.1) is 0 Å². The van der Waals surface area contributed by atoms with Crippen LogP contribution in [0.1, 0.15) is 59.2 Å². The van der Waals surface area contributed by atoms with Crippen molar-refractivity contribution in [1.82, 2.24) is 0 Å². The van der Waals surface area contributed by atoms with Crippen LogP contribution < -0.4 is 0 Å². The molecule has 3 nitrogen and oxygen atoms in total. The number of fused-ring (bicyclic) bond motifs is 1. The highest BCUT2D eigenvalue weighted by molar-refractivity contribution is 6.17. The highest BCUT2D eigenvalue weighted by Gasteiger charge is 2.72. The SMILES string of the molecule is O=C1c2ccccc2C(=O)[C@@H]2[C@H]1[C@@H]1C=C[C@]23CCCC[C@@]32CCCO[C@@H]12. The molecule has 1 heterocycles. The molecule has 0 unspecified atom stereocenters. The molecule has 7 rings (SSSR count). The topological polar surface area (TPSA) is 43.4 Å². The number of carbonyl (C=O) groups is 2. The summed E-state index contributed by atoms with van der Waals surface area (Å²) in [6.07, 6.45) is 11.5. The summed E-state index contributed by atoms with van der Waals surface area (Å²) in [5.41, 5.74) is 1.17. The number of hydrogen-bond donors (Lipinski definition) is 0. The normalized spacial score (nSPS) is 45.5. The summed E-state index contributed by atoms with van der Waals surface area (Å²) < 4.78 is 6.38. The quantitative estimate of drug-likeness (QED) is 0.659. The van der Waals surface area contributed by atoms with Gasteiger partial charge in [0.05, 0.1) is 6.10 Å². The molecule has 5 aliphatic carbocycles. The van der Waals surface area contributed by atoms with Crippen molar-refractivity contribution in [3.63, 3.8) is 0 Å². The van der Waals surface area contributed by atoms with Crippen LogP contribution in [0, 0.1) is 28.6 Å². The van der Waals surface area contributed by atoms with Gasteiger partial charge in [-0.25, -0.2) is 0 Å². The molecule has 3 heteroatoms. The Kier molecular flexibility index (Phi) is 2.92. The molecule has 1 aromatic carbocycles. The van der Waals surface area contributed by atoms with Crippen molar-refractivity contribution >= 4 is 11.6 Å². The van der Waals surface area contributed by atoms with E-state index in [9.17, 15) is 9.59 Å². The average molecular weight is 348 g/mol. The Balaban J connectivity index is 1.62. The molecule has 2 saturated carbocycles. The zero-order valence-corrected chi connectivity index (χ0v) is 14.9. The molecule has 2 spiro atoms. The van der Waals surface area contributed by atoms with E-state index in [0.29, 0.717) is 11.1 Å². The van der Waals surface area contributed by atoms with Crippen LogP contribution in [0.5, 0.6) is 0 Å². The van der Waals surface area contributed by atoms with Crippen molar-refractivity contribution in [3.05, 3.63) is 47.5 Å². The summed E-state index contributed by atoms with van der Waals surface area (Å²) in [4.78, 5) is 27.2. The lowest BCUT2D eigenvalue weighted by Gasteiger charge is -2.69. The smallest absolute Gasteiger partial charge is 0.168 e. The van der Waals surface area contributed by atoms with Gasteiger partial charge in [-0.1, -0.05) is 49.3 Å². The van der Waals surface area contributed by atoms with E-state index < -0.39 is 0 Å². The van der Waals surface area contributed by atoms with Crippen LogP contribution in [-0.4, -0.2) is 24.3 Å². The Morgan fingerprint density at radius 1 is 0.923 bits per heavy atom. The van der Waals surface area contributed by atoms with Gasteiger partial charge in [-0.05, 0) is 25.7 Å². The van der Waals surface area contributed by atoms with Crippen molar-refractivity contribution in [2.24, 2.45) is 28.6 Å². The lowest BCUT2D eigenvalue weighted by atomic mass is 9.35. The number of ether oxygens (including phenoxy) is 1. The van der Waals surface area contributed by atoms with Gasteiger partial charge in [0.25, 0.3) is 0 Å². The third-order valence-electron chi connectivity index (χ3n) is 8.34. The third kappa shape index (κ3) is 1.52. The minimum absolute atomic E-state index is 0.0603. The maximum Gasteiger partial charge on any atom is 0.168 e. The first-order valence-corrected chi connectivity index (χ1v) is 10.2. The van der Waals surface area contributed by atoms with Gasteiger partial charge in [-0.2, -0.15) is 0 Å². The highest BCUT2D eigenvalue weighted by atomic mass is 16.5. The molecule has 1 saturated heterocycles. The van der Waals surface area contributed by atoms with Crippen LogP contribution in [0.15, 0.2) is 36.4 Å². The predicted molar refractivity (Wildman–Crippen MR) is 97.0 cm³/mol. The van der Waals surface area contributed by atoms with Crippen LogP contribution in [0.4, 0.5) is 0 Å². The van der Waals surface area contributed by atoms with E-state index in [0.717, 1.165) is 38.7 Å². The number of benzene rings is 1. The number of carbonyl (C=O) groups excluding carboxylic acids is 2. The minimum Gasteiger partial charge on any atom is -0.377 e. The lowest BCUT2D eigenvalue weighted by molar-refractivity contribution is -0.225. The molecule has 6 atom stereocenters. The average Bonchev–Trinajstić information content (AvgIpc) is 2.70. The summed E-state index contributed by atoms with van der Waals surface area (Å²) >= 11 is 0. The highest BCUT2D eigenvalue weighted by Crippen LogP contribution is 2.72. The fraction of sp³-hybridized carbons (Fsp3) is 0.565. The Morgan fingerprint density at radius 3 is 2.50 bits per heavy atom. The second-order valence-electron chi connectivity index (χ2n) is 9.01. The van der Waals surface area contributed by atoms with Crippen LogP contribution in [0.3, 0.4) is 0 Å². The zero-order chi connectivity index (χ0) is 17.5. The second kappa shape index (κ2) is 4.95. The molecule has 26 heavy (non-hydrogen) atoms. The molecule has 0 aromatic heterocycles. The van der Waals surface area contributed by atoms with Crippen LogP contribution in [0.25, 0.3) is 0 Å². The molecule has 6 aliphatic rings. The standard InChI is InChI=1S/C23H24O3/c24-19-14-6-1-2-7-15(14)20(25)18-17(19)16-8-12-22(18)9-3-4-10-23(22)11-5-13-26-21(16)23/h1-2,6-8,12,16-18,21H,3-5,9-11,13H2/t16-,17+,18-,21-,22+,23-/m0/s1. The van der Waals surface area contributed by atoms with Crippen LogP contribution in [-0.2, 0) is 4.74 Å². The van der Waals surface area contributed by atoms with Crippen molar-refractivity contribution in [2.75, 3.05) is 6.61 Å². The van der Waals surface area contributed by atoms with E-state index >= 15 is 0 Å². The summed E-state index contributed by atoms with van der Waals surface area (Å²) in [5, 5.41) is 0. The first-order chi connectivity index (χ1) is 12.7. The Labute approximate surface area is 153 Å². The first-order valence-electron chi connectivity index (χ1n) is 10.2. The minimum atomic E-state index is -0.225. The van der Waals surface area contributed by atoms with Crippen molar-refractivity contribution < 1.29 is 14.3 Å². The van der Waals surface area contributed by atoms with E-state index in [1.54, 1.807) is 0 Å². The van der Waals surface area contributed by atoms with Crippen molar-refractivity contribution in [3.8, 4) is 0 Å². The largest absolute Gasteiger partial charge is 0.377 e. The molecular weight excluding hydrogens is 324 g/mol. The van der Waals surface area contributed by atoms with Gasteiger partial charge in [0.2, 0.25) is 0 Å². The summed E-state index contributed by atoms with van der Waals surface area (Å²) in [6.45, 7) is 0.795. The molecule has 1 aromatic rings. The molecule has 1 aliphatic heterocycles. The van der Waals surface area contributed by atoms with Crippen LogP contribution in [0.2, 0.25) is 0 Å². The van der Waals surface area contributed by atoms with E-state index in [1.807, 2.05) is 24.3 Å². The summed E-state index contributed by atoms with van der Waals surface area (Å²) in [6, 6.07) is 7.47. The van der Waals surface area contributed by atoms with E-state index in [4.69, 9.17) is 4.74 Å². The molecule has 3 fully saturated rings. The van der Waals surface area contributed by atoms with Crippen molar-refractivity contribution in [2.45, 2.75) is 44.6 Å². The van der Waals surface area contributed by atoms with Gasteiger partial charge in [0, 0.05) is 46.3 Å². The molecule has 0 N–H and O–H groups in total. The first kappa shape index (κ1) is 15.3. The number of hydrogen-bond acceptors (Lipinski definition) is 3. The van der Waals surface area contributed by atoms with Gasteiger partial charge >= 0.3 is 0 Å². The second-order valence-corrected chi connectivity index (χ2v) is 9.01. The molecule has 0 radical (unpaired) electrons. The zero-order valence-electron chi connectivity index (χ0n) is 14.9. The Bertz CT molecular complexity index is 849. The third-order valence-corrected chi connectivity index (χ3v) is 8.34. The van der Waals surface area contributed by atoms with E-state index in [-0.39, 0.29) is 46.3 Å². The number of rotatable bonds is 0. The van der Waals surface area contributed by atoms with E-state index in [2.05, 4.69) is 12.2 Å². The fourth-order valence-corrected chi connectivity index (χ4v) is 7.52. The van der Waals surface area contributed by atoms with Crippen LogP contribution >= 0.6 is 0 Å². The van der Waals surface area contributed by atoms with E-state index in [1.165, 1.54) is 6.42 Å². The number of allylic oxidation sites excluding steroid dienone is 1. The lowest BCUT2D eigenvalue weighted by Crippen LogP contribution is -2.71. The maximum absolute atomic E-state index is 13.7. The molecule has 2 bridgehead atoms. The molecular formula is C23H24O3. The van der Waals surface area contributed by atoms with Crippen molar-refractivity contribution in [1.29, 1.82) is 0 Å². The summed E-state index contributed by atoms with van der Waals surface area (Å²) in [5.74, 6) is 0.0390. The molecule has 0 amide bonds. The number of Topliss-reactive ketones (excluding diaryl/α,β-unsaturated/α-hetero) is 2. The Morgan fingerprint density at radius 2 is 1.65 bits per heavy atom. The van der Waals surface area contributed by atoms with Gasteiger partial charge < -0.3 is 4.74 Å². The van der Waals surface area contributed by atoms with Gasteiger partial charge in [-0.3, -0.25) is 9.59 Å². The maximum atomic E-state index is 13.7. The molecule has 134 valence electrons.